The molecule has 7 heteroatoms. The number of hydrogen-bond acceptors (Lipinski definition) is 5. The number of benzene rings is 2. The molecule has 0 amide bonds. The van der Waals surface area contributed by atoms with Crippen molar-refractivity contribution in [2.24, 2.45) is 0 Å². The number of halogens is 2. The molecule has 2 aromatic carbocycles. The lowest BCUT2D eigenvalue weighted by Gasteiger charge is -2.26. The molecular formula is C22H28BrClN2O3. The summed E-state index contributed by atoms with van der Waals surface area (Å²) in [5, 5.41) is 4.23. The topological polar surface area (TPSA) is 43.0 Å². The van der Waals surface area contributed by atoms with Gasteiger partial charge in [-0.05, 0) is 58.2 Å². The van der Waals surface area contributed by atoms with Crippen molar-refractivity contribution in [2.75, 3.05) is 46.0 Å². The fraction of sp³-hybridized carbons (Fsp3) is 0.455. The summed E-state index contributed by atoms with van der Waals surface area (Å²) in [5.74, 6) is 1.47. The number of nitrogens with zero attached hydrogens (tertiary/aromatic N) is 1. The van der Waals surface area contributed by atoms with Crippen molar-refractivity contribution in [1.29, 1.82) is 0 Å². The van der Waals surface area contributed by atoms with Gasteiger partial charge in [-0.15, -0.1) is 0 Å². The Kier molecular flexibility index (Phi) is 9.08. The molecule has 1 heterocycles. The molecule has 1 saturated heterocycles. The van der Waals surface area contributed by atoms with Crippen LogP contribution in [0.2, 0.25) is 5.02 Å². The summed E-state index contributed by atoms with van der Waals surface area (Å²) in [6, 6.07) is 11.8. The summed E-state index contributed by atoms with van der Waals surface area (Å²) >= 11 is 9.60. The van der Waals surface area contributed by atoms with E-state index in [-0.39, 0.29) is 0 Å². The molecule has 1 aliphatic heterocycles. The van der Waals surface area contributed by atoms with Crippen LogP contribution in [0, 0.1) is 0 Å². The smallest absolute Gasteiger partial charge is 0.175 e. The van der Waals surface area contributed by atoms with Crippen molar-refractivity contribution in [1.82, 2.24) is 10.2 Å². The molecule has 3 rings (SSSR count). The van der Waals surface area contributed by atoms with Crippen LogP contribution in [0.3, 0.4) is 0 Å². The minimum atomic E-state index is 0.451. The Morgan fingerprint density at radius 3 is 2.59 bits per heavy atom. The number of ether oxygens (including phenoxy) is 3. The van der Waals surface area contributed by atoms with Gasteiger partial charge in [-0.2, -0.15) is 0 Å². The third-order valence-corrected chi connectivity index (χ3v) is 5.54. The van der Waals surface area contributed by atoms with Gasteiger partial charge in [-0.1, -0.05) is 23.7 Å². The van der Waals surface area contributed by atoms with Crippen LogP contribution in [0.25, 0.3) is 0 Å². The Hall–Kier alpha value is -1.31. The molecule has 0 atom stereocenters. The van der Waals surface area contributed by atoms with Gasteiger partial charge in [0, 0.05) is 37.7 Å². The second-order valence-electron chi connectivity index (χ2n) is 6.88. The first-order chi connectivity index (χ1) is 14.2. The zero-order chi connectivity index (χ0) is 20.5. The maximum Gasteiger partial charge on any atom is 0.175 e. The van der Waals surface area contributed by atoms with E-state index in [1.165, 1.54) is 0 Å². The monoisotopic (exact) mass is 482 g/mol. The molecule has 0 unspecified atom stereocenters. The predicted molar refractivity (Wildman–Crippen MR) is 120 cm³/mol. The Balaban J connectivity index is 1.57. The molecule has 1 fully saturated rings. The van der Waals surface area contributed by atoms with Gasteiger partial charge in [0.15, 0.2) is 11.5 Å². The first kappa shape index (κ1) is 22.4. The second kappa shape index (κ2) is 11.8. The highest BCUT2D eigenvalue weighted by Gasteiger charge is 2.13. The van der Waals surface area contributed by atoms with E-state index >= 15 is 0 Å². The molecule has 0 aliphatic carbocycles. The molecule has 0 radical (unpaired) electrons. The molecule has 158 valence electrons. The fourth-order valence-corrected chi connectivity index (χ4v) is 3.89. The SMILES string of the molecule is CCOc1cc(CNCCN2CCOCC2)cc(Br)c1OCc1ccc(Cl)cc1. The van der Waals surface area contributed by atoms with E-state index in [1.807, 2.05) is 37.3 Å². The molecular weight excluding hydrogens is 456 g/mol. The average molecular weight is 484 g/mol. The van der Waals surface area contributed by atoms with E-state index in [0.717, 1.165) is 78.1 Å². The molecule has 5 nitrogen and oxygen atoms in total. The summed E-state index contributed by atoms with van der Waals surface area (Å²) in [6.07, 6.45) is 0. The maximum atomic E-state index is 6.05. The standard InChI is InChI=1S/C22H28BrClN2O3/c1-2-28-21-14-18(15-25-7-8-26-9-11-27-12-10-26)13-20(23)22(21)29-16-17-3-5-19(24)6-4-17/h3-6,13-14,25H,2,7-12,15-16H2,1H3. The van der Waals surface area contributed by atoms with Crippen LogP contribution in [0.5, 0.6) is 11.5 Å². The Morgan fingerprint density at radius 1 is 1.10 bits per heavy atom. The van der Waals surface area contributed by atoms with Crippen LogP contribution in [-0.4, -0.2) is 50.9 Å². The van der Waals surface area contributed by atoms with Gasteiger partial charge >= 0.3 is 0 Å². The fourth-order valence-electron chi connectivity index (χ4n) is 3.16. The summed E-state index contributed by atoms with van der Waals surface area (Å²) in [6.45, 7) is 9.46. The van der Waals surface area contributed by atoms with Crippen molar-refractivity contribution >= 4 is 27.5 Å². The lowest BCUT2D eigenvalue weighted by atomic mass is 10.2. The van der Waals surface area contributed by atoms with Crippen LogP contribution in [0.4, 0.5) is 0 Å². The molecule has 0 saturated carbocycles. The number of hydrogen-bond donors (Lipinski definition) is 1. The average Bonchev–Trinajstić information content (AvgIpc) is 2.73. The predicted octanol–water partition coefficient (Wildman–Crippen LogP) is 4.50. The van der Waals surface area contributed by atoms with E-state index in [9.17, 15) is 0 Å². The highest BCUT2D eigenvalue weighted by Crippen LogP contribution is 2.37. The molecule has 29 heavy (non-hydrogen) atoms. The zero-order valence-electron chi connectivity index (χ0n) is 16.8. The first-order valence-corrected chi connectivity index (χ1v) is 11.2. The Morgan fingerprint density at radius 2 is 1.86 bits per heavy atom. The quantitative estimate of drug-likeness (QED) is 0.504. The third kappa shape index (κ3) is 7.15. The van der Waals surface area contributed by atoms with Crippen molar-refractivity contribution in [3.63, 3.8) is 0 Å². The minimum absolute atomic E-state index is 0.451. The Bertz CT molecular complexity index is 767. The van der Waals surface area contributed by atoms with Crippen LogP contribution in [0.1, 0.15) is 18.1 Å². The largest absolute Gasteiger partial charge is 0.490 e. The lowest BCUT2D eigenvalue weighted by molar-refractivity contribution is 0.0384. The van der Waals surface area contributed by atoms with E-state index < -0.39 is 0 Å². The van der Waals surface area contributed by atoms with Gasteiger partial charge in [0.05, 0.1) is 24.3 Å². The van der Waals surface area contributed by atoms with Crippen LogP contribution in [0.15, 0.2) is 40.9 Å². The van der Waals surface area contributed by atoms with Gasteiger partial charge in [-0.25, -0.2) is 0 Å². The molecule has 0 bridgehead atoms. The number of rotatable bonds is 10. The van der Waals surface area contributed by atoms with Crippen LogP contribution >= 0.6 is 27.5 Å². The molecule has 2 aromatic rings. The van der Waals surface area contributed by atoms with E-state index in [0.29, 0.717) is 13.2 Å². The summed E-state index contributed by atoms with van der Waals surface area (Å²) < 4.78 is 18.2. The second-order valence-corrected chi connectivity index (χ2v) is 8.17. The first-order valence-electron chi connectivity index (χ1n) is 9.99. The maximum absolute atomic E-state index is 6.05. The molecule has 0 aromatic heterocycles. The number of morpholine rings is 1. The van der Waals surface area contributed by atoms with Gasteiger partial charge in [0.25, 0.3) is 0 Å². The highest BCUT2D eigenvalue weighted by atomic mass is 79.9. The molecule has 1 N–H and O–H groups in total. The summed E-state index contributed by atoms with van der Waals surface area (Å²) in [5.41, 5.74) is 2.21. The van der Waals surface area contributed by atoms with Crippen LogP contribution < -0.4 is 14.8 Å². The van der Waals surface area contributed by atoms with Gasteiger partial charge in [0.2, 0.25) is 0 Å². The van der Waals surface area contributed by atoms with Gasteiger partial charge in [-0.3, -0.25) is 4.90 Å². The number of nitrogens with one attached hydrogen (secondary N) is 1. The van der Waals surface area contributed by atoms with E-state index in [4.69, 9.17) is 25.8 Å². The highest BCUT2D eigenvalue weighted by molar-refractivity contribution is 9.10. The van der Waals surface area contributed by atoms with Crippen molar-refractivity contribution < 1.29 is 14.2 Å². The molecule has 0 spiro atoms. The normalized spacial score (nSPS) is 14.7. The van der Waals surface area contributed by atoms with Gasteiger partial charge in [0.1, 0.15) is 6.61 Å². The van der Waals surface area contributed by atoms with Gasteiger partial charge < -0.3 is 19.5 Å². The summed E-state index contributed by atoms with van der Waals surface area (Å²) in [4.78, 5) is 2.42. The van der Waals surface area contributed by atoms with Crippen molar-refractivity contribution in [2.45, 2.75) is 20.1 Å². The Labute approximate surface area is 186 Å². The van der Waals surface area contributed by atoms with E-state index in [1.54, 1.807) is 0 Å². The van der Waals surface area contributed by atoms with E-state index in [2.05, 4.69) is 32.2 Å². The third-order valence-electron chi connectivity index (χ3n) is 4.70. The van der Waals surface area contributed by atoms with Crippen molar-refractivity contribution in [3.05, 3.63) is 57.0 Å². The minimum Gasteiger partial charge on any atom is -0.490 e. The zero-order valence-corrected chi connectivity index (χ0v) is 19.1. The summed E-state index contributed by atoms with van der Waals surface area (Å²) in [7, 11) is 0. The molecule has 1 aliphatic rings. The van der Waals surface area contributed by atoms with Crippen LogP contribution in [-0.2, 0) is 17.9 Å². The van der Waals surface area contributed by atoms with Crippen molar-refractivity contribution in [3.8, 4) is 11.5 Å². The lowest BCUT2D eigenvalue weighted by Crippen LogP contribution is -2.40.